The van der Waals surface area contributed by atoms with Crippen LogP contribution in [0.15, 0.2) is 48.5 Å². The summed E-state index contributed by atoms with van der Waals surface area (Å²) in [5, 5.41) is 0. The maximum atomic E-state index is 2.58. The highest BCUT2D eigenvalue weighted by atomic mass is 15.1. The molecule has 0 saturated heterocycles. The van der Waals surface area contributed by atoms with E-state index in [1.165, 1.54) is 54.6 Å². The lowest BCUT2D eigenvalue weighted by Crippen LogP contribution is -2.25. The molecule has 0 atom stereocenters. The maximum Gasteiger partial charge on any atom is 0.0233 e. The second-order valence-electron chi connectivity index (χ2n) is 6.38. The van der Waals surface area contributed by atoms with Crippen molar-refractivity contribution in [3.8, 4) is 11.1 Å². The molecule has 0 radical (unpaired) electrons. The van der Waals surface area contributed by atoms with Gasteiger partial charge in [0.1, 0.15) is 0 Å². The van der Waals surface area contributed by atoms with E-state index in [-0.39, 0.29) is 0 Å². The topological polar surface area (TPSA) is 3.24 Å². The first-order valence-electron chi connectivity index (χ1n) is 9.17. The van der Waals surface area contributed by atoms with E-state index in [2.05, 4.69) is 74.2 Å². The monoisotopic (exact) mass is 309 g/mol. The lowest BCUT2D eigenvalue weighted by Gasteiger charge is -2.21. The zero-order valence-electron chi connectivity index (χ0n) is 15.0. The zero-order chi connectivity index (χ0) is 16.5. The molecule has 1 heteroatoms. The van der Waals surface area contributed by atoms with Crippen LogP contribution in [-0.2, 0) is 13.0 Å². The second-order valence-corrected chi connectivity index (χ2v) is 6.38. The molecule has 23 heavy (non-hydrogen) atoms. The van der Waals surface area contributed by atoms with Crippen molar-refractivity contribution in [2.24, 2.45) is 0 Å². The van der Waals surface area contributed by atoms with Gasteiger partial charge >= 0.3 is 0 Å². The Hall–Kier alpha value is -1.60. The number of unbranched alkanes of at least 4 members (excludes halogenated alkanes) is 1. The van der Waals surface area contributed by atoms with Gasteiger partial charge < -0.3 is 0 Å². The number of rotatable bonds is 9. The van der Waals surface area contributed by atoms with Crippen LogP contribution in [0, 0.1) is 0 Å². The van der Waals surface area contributed by atoms with Gasteiger partial charge in [-0.2, -0.15) is 0 Å². The van der Waals surface area contributed by atoms with E-state index < -0.39 is 0 Å². The Balaban J connectivity index is 2.05. The van der Waals surface area contributed by atoms with Crippen molar-refractivity contribution in [3.05, 3.63) is 59.7 Å². The number of hydrogen-bond donors (Lipinski definition) is 0. The minimum Gasteiger partial charge on any atom is -0.299 e. The minimum absolute atomic E-state index is 1.07. The molecular formula is C22H31N. The second kappa shape index (κ2) is 9.52. The average molecular weight is 309 g/mol. The van der Waals surface area contributed by atoms with Crippen LogP contribution in [0.1, 0.15) is 51.2 Å². The quantitative estimate of drug-likeness (QED) is 0.555. The fourth-order valence-corrected chi connectivity index (χ4v) is 3.00. The Morgan fingerprint density at radius 3 is 2.17 bits per heavy atom. The summed E-state index contributed by atoms with van der Waals surface area (Å²) in [4.78, 5) is 2.58. The fraction of sp³-hybridized carbons (Fsp3) is 0.455. The highest BCUT2D eigenvalue weighted by Crippen LogP contribution is 2.22. The molecule has 1 nitrogen and oxygen atoms in total. The first-order valence-corrected chi connectivity index (χ1v) is 9.17. The SMILES string of the molecule is CCCCN(CCC)Cc1ccc(-c2cccc(CC)c2)cc1. The van der Waals surface area contributed by atoms with Gasteiger partial charge in [-0.25, -0.2) is 0 Å². The Labute approximate surface area is 142 Å². The summed E-state index contributed by atoms with van der Waals surface area (Å²) in [5.41, 5.74) is 5.47. The molecule has 0 saturated carbocycles. The highest BCUT2D eigenvalue weighted by molar-refractivity contribution is 5.64. The fourth-order valence-electron chi connectivity index (χ4n) is 3.00. The van der Waals surface area contributed by atoms with Crippen LogP contribution in [0.25, 0.3) is 11.1 Å². The molecule has 2 aromatic rings. The Bertz CT molecular complexity index is 571. The predicted octanol–water partition coefficient (Wildman–Crippen LogP) is 5.93. The third-order valence-electron chi connectivity index (χ3n) is 4.40. The third-order valence-corrected chi connectivity index (χ3v) is 4.40. The third kappa shape index (κ3) is 5.51. The van der Waals surface area contributed by atoms with Crippen LogP contribution < -0.4 is 0 Å². The summed E-state index contributed by atoms with van der Waals surface area (Å²) >= 11 is 0. The van der Waals surface area contributed by atoms with Gasteiger partial charge in [-0.1, -0.05) is 75.7 Å². The summed E-state index contributed by atoms with van der Waals surface area (Å²) in [6.45, 7) is 10.2. The van der Waals surface area contributed by atoms with Crippen molar-refractivity contribution in [2.45, 2.75) is 53.0 Å². The van der Waals surface area contributed by atoms with Gasteiger partial charge in [0.05, 0.1) is 0 Å². The van der Waals surface area contributed by atoms with Gasteiger partial charge in [0, 0.05) is 6.54 Å². The van der Waals surface area contributed by atoms with Crippen molar-refractivity contribution in [2.75, 3.05) is 13.1 Å². The van der Waals surface area contributed by atoms with Gasteiger partial charge in [-0.05, 0) is 54.6 Å². The van der Waals surface area contributed by atoms with E-state index in [0.29, 0.717) is 0 Å². The molecule has 124 valence electrons. The number of nitrogens with zero attached hydrogens (tertiary/aromatic N) is 1. The Kier molecular flexibility index (Phi) is 7.35. The smallest absolute Gasteiger partial charge is 0.0233 e. The lowest BCUT2D eigenvalue weighted by atomic mass is 10.0. The predicted molar refractivity (Wildman–Crippen MR) is 102 cm³/mol. The molecule has 0 aliphatic carbocycles. The Morgan fingerprint density at radius 2 is 1.52 bits per heavy atom. The van der Waals surface area contributed by atoms with Gasteiger partial charge in [-0.3, -0.25) is 4.90 Å². The average Bonchev–Trinajstić information content (AvgIpc) is 2.60. The number of benzene rings is 2. The summed E-state index contributed by atoms with van der Waals surface area (Å²) in [7, 11) is 0. The molecule has 0 amide bonds. The molecule has 2 rings (SSSR count). The van der Waals surface area contributed by atoms with E-state index in [0.717, 1.165) is 13.0 Å². The van der Waals surface area contributed by atoms with Gasteiger partial charge in [-0.15, -0.1) is 0 Å². The van der Waals surface area contributed by atoms with E-state index in [1.54, 1.807) is 0 Å². The molecule has 0 bridgehead atoms. The van der Waals surface area contributed by atoms with Crippen LogP contribution in [0.3, 0.4) is 0 Å². The molecule has 0 fully saturated rings. The molecule has 0 unspecified atom stereocenters. The molecule has 0 heterocycles. The summed E-state index contributed by atoms with van der Waals surface area (Å²) in [6.07, 6.45) is 4.88. The van der Waals surface area contributed by atoms with Crippen LogP contribution in [0.5, 0.6) is 0 Å². The minimum atomic E-state index is 1.07. The standard InChI is InChI=1S/C22H31N/c1-4-7-16-23(15-5-2)18-20-11-13-21(14-12-20)22-10-8-9-19(6-3)17-22/h8-14,17H,4-7,15-16,18H2,1-3H3. The molecule has 0 spiro atoms. The molecule has 0 N–H and O–H groups in total. The molecule has 0 aliphatic rings. The molecule has 2 aromatic carbocycles. The Morgan fingerprint density at radius 1 is 0.739 bits per heavy atom. The van der Waals surface area contributed by atoms with Gasteiger partial charge in [0.15, 0.2) is 0 Å². The van der Waals surface area contributed by atoms with Gasteiger partial charge in [0.2, 0.25) is 0 Å². The summed E-state index contributed by atoms with van der Waals surface area (Å²) in [6, 6.07) is 18.0. The first-order chi connectivity index (χ1) is 11.3. The van der Waals surface area contributed by atoms with Crippen molar-refractivity contribution >= 4 is 0 Å². The van der Waals surface area contributed by atoms with Crippen LogP contribution in [0.2, 0.25) is 0 Å². The lowest BCUT2D eigenvalue weighted by molar-refractivity contribution is 0.262. The first kappa shape index (κ1) is 17.7. The van der Waals surface area contributed by atoms with Crippen molar-refractivity contribution in [1.82, 2.24) is 4.90 Å². The summed E-state index contributed by atoms with van der Waals surface area (Å²) < 4.78 is 0. The van der Waals surface area contributed by atoms with Crippen molar-refractivity contribution < 1.29 is 0 Å². The summed E-state index contributed by atoms with van der Waals surface area (Å²) in [5.74, 6) is 0. The van der Waals surface area contributed by atoms with E-state index in [4.69, 9.17) is 0 Å². The number of hydrogen-bond acceptors (Lipinski definition) is 1. The highest BCUT2D eigenvalue weighted by Gasteiger charge is 2.05. The van der Waals surface area contributed by atoms with Crippen LogP contribution in [-0.4, -0.2) is 18.0 Å². The van der Waals surface area contributed by atoms with Crippen LogP contribution in [0.4, 0.5) is 0 Å². The van der Waals surface area contributed by atoms with E-state index in [1.807, 2.05) is 0 Å². The van der Waals surface area contributed by atoms with Gasteiger partial charge in [0.25, 0.3) is 0 Å². The zero-order valence-corrected chi connectivity index (χ0v) is 15.0. The van der Waals surface area contributed by atoms with Crippen molar-refractivity contribution in [1.29, 1.82) is 0 Å². The maximum absolute atomic E-state index is 2.58. The van der Waals surface area contributed by atoms with Crippen LogP contribution >= 0.6 is 0 Å². The normalized spacial score (nSPS) is 11.1. The number of aryl methyl sites for hydroxylation is 1. The van der Waals surface area contributed by atoms with E-state index in [9.17, 15) is 0 Å². The largest absolute Gasteiger partial charge is 0.299 e. The molecule has 0 aromatic heterocycles. The van der Waals surface area contributed by atoms with Crippen molar-refractivity contribution in [3.63, 3.8) is 0 Å². The molecular weight excluding hydrogens is 278 g/mol. The van der Waals surface area contributed by atoms with E-state index >= 15 is 0 Å². The molecule has 0 aliphatic heterocycles.